The van der Waals surface area contributed by atoms with Gasteiger partial charge in [0.25, 0.3) is 0 Å². The number of benzene rings is 1. The molecule has 3 N–H and O–H groups in total. The van der Waals surface area contributed by atoms with Crippen LogP contribution in [0.4, 0.5) is 0 Å². The highest BCUT2D eigenvalue weighted by Crippen LogP contribution is 2.42. The fraction of sp³-hybridized carbons (Fsp3) is 0.455. The van der Waals surface area contributed by atoms with Crippen molar-refractivity contribution in [3.05, 3.63) is 21.7 Å². The lowest BCUT2D eigenvalue weighted by Crippen LogP contribution is -2.29. The normalized spacial score (nSPS) is 11.6. The van der Waals surface area contributed by atoms with Crippen molar-refractivity contribution in [1.82, 2.24) is 0 Å². The first-order chi connectivity index (χ1) is 6.79. The van der Waals surface area contributed by atoms with Crippen LogP contribution in [0.3, 0.4) is 0 Å². The predicted octanol–water partition coefficient (Wildman–Crippen LogP) is 2.67. The van der Waals surface area contributed by atoms with E-state index in [4.69, 9.17) is 10.5 Å². The van der Waals surface area contributed by atoms with Gasteiger partial charge in [-0.2, -0.15) is 0 Å². The Labute approximate surface area is 98.4 Å². The second kappa shape index (κ2) is 4.02. The SMILES string of the molecule is COc1c(Br)cc(C)c(C(C)(C)N)c1O. The predicted molar refractivity (Wildman–Crippen MR) is 64.3 cm³/mol. The summed E-state index contributed by atoms with van der Waals surface area (Å²) in [7, 11) is 1.52. The van der Waals surface area contributed by atoms with Crippen LogP contribution in [0, 0.1) is 6.92 Å². The summed E-state index contributed by atoms with van der Waals surface area (Å²) in [6.07, 6.45) is 0. The number of ether oxygens (including phenoxy) is 1. The van der Waals surface area contributed by atoms with E-state index in [-0.39, 0.29) is 5.75 Å². The Morgan fingerprint density at radius 3 is 2.40 bits per heavy atom. The standard InChI is InChI=1S/C11H16BrNO2/c1-6-5-7(12)10(15-4)9(14)8(6)11(2,3)13/h5,14H,13H2,1-4H3. The molecule has 0 spiro atoms. The molecule has 0 bridgehead atoms. The Hall–Kier alpha value is -0.740. The Bertz CT molecular complexity index is 383. The van der Waals surface area contributed by atoms with Gasteiger partial charge in [0, 0.05) is 11.1 Å². The van der Waals surface area contributed by atoms with Gasteiger partial charge in [-0.25, -0.2) is 0 Å². The minimum Gasteiger partial charge on any atom is -0.504 e. The average molecular weight is 274 g/mol. The molecular formula is C11H16BrNO2. The van der Waals surface area contributed by atoms with Crippen molar-refractivity contribution in [2.24, 2.45) is 5.73 Å². The van der Waals surface area contributed by atoms with Gasteiger partial charge in [-0.15, -0.1) is 0 Å². The summed E-state index contributed by atoms with van der Waals surface area (Å²) in [5.41, 5.74) is 7.05. The van der Waals surface area contributed by atoms with E-state index in [2.05, 4.69) is 15.9 Å². The highest BCUT2D eigenvalue weighted by atomic mass is 79.9. The number of halogens is 1. The third-order valence-electron chi connectivity index (χ3n) is 2.25. The van der Waals surface area contributed by atoms with Crippen molar-refractivity contribution in [1.29, 1.82) is 0 Å². The topological polar surface area (TPSA) is 55.5 Å². The summed E-state index contributed by atoms with van der Waals surface area (Å²) >= 11 is 3.33. The molecule has 0 radical (unpaired) electrons. The number of methoxy groups -OCH3 is 1. The summed E-state index contributed by atoms with van der Waals surface area (Å²) in [6, 6.07) is 1.89. The van der Waals surface area contributed by atoms with Crippen LogP contribution in [0.2, 0.25) is 0 Å². The maximum Gasteiger partial charge on any atom is 0.175 e. The second-order valence-electron chi connectivity index (χ2n) is 4.15. The fourth-order valence-electron chi connectivity index (χ4n) is 1.75. The zero-order valence-electron chi connectivity index (χ0n) is 9.39. The van der Waals surface area contributed by atoms with E-state index in [0.717, 1.165) is 10.0 Å². The molecule has 0 aromatic heterocycles. The van der Waals surface area contributed by atoms with Gasteiger partial charge in [-0.05, 0) is 48.3 Å². The highest BCUT2D eigenvalue weighted by Gasteiger charge is 2.25. The lowest BCUT2D eigenvalue weighted by atomic mass is 9.90. The lowest BCUT2D eigenvalue weighted by Gasteiger charge is -2.24. The molecule has 0 atom stereocenters. The molecule has 0 heterocycles. The molecule has 3 nitrogen and oxygen atoms in total. The highest BCUT2D eigenvalue weighted by molar-refractivity contribution is 9.10. The number of hydrogen-bond acceptors (Lipinski definition) is 3. The molecule has 0 aliphatic carbocycles. The number of rotatable bonds is 2. The molecule has 0 amide bonds. The average Bonchev–Trinajstić information content (AvgIpc) is 2.00. The largest absolute Gasteiger partial charge is 0.504 e. The summed E-state index contributed by atoms with van der Waals surface area (Å²) < 4.78 is 5.84. The summed E-state index contributed by atoms with van der Waals surface area (Å²) in [6.45, 7) is 5.61. The van der Waals surface area contributed by atoms with E-state index in [1.807, 2.05) is 26.8 Å². The number of aromatic hydroxyl groups is 1. The first kappa shape index (κ1) is 12.3. The Balaban J connectivity index is 3.53. The van der Waals surface area contributed by atoms with Gasteiger partial charge in [0.1, 0.15) is 0 Å². The molecule has 0 saturated carbocycles. The number of aryl methyl sites for hydroxylation is 1. The van der Waals surface area contributed by atoms with E-state index in [9.17, 15) is 5.11 Å². The molecule has 1 rings (SSSR count). The smallest absolute Gasteiger partial charge is 0.175 e. The van der Waals surface area contributed by atoms with Crippen LogP contribution in [-0.2, 0) is 5.54 Å². The van der Waals surface area contributed by atoms with Crippen molar-refractivity contribution >= 4 is 15.9 Å². The number of phenolic OH excluding ortho intramolecular Hbond substituents is 1. The van der Waals surface area contributed by atoms with Crippen molar-refractivity contribution in [3.63, 3.8) is 0 Å². The van der Waals surface area contributed by atoms with Crippen molar-refractivity contribution in [3.8, 4) is 11.5 Å². The quantitative estimate of drug-likeness (QED) is 0.871. The van der Waals surface area contributed by atoms with E-state index in [0.29, 0.717) is 11.3 Å². The molecule has 15 heavy (non-hydrogen) atoms. The Morgan fingerprint density at radius 2 is 2.00 bits per heavy atom. The van der Waals surface area contributed by atoms with Crippen LogP contribution in [0.1, 0.15) is 25.0 Å². The zero-order valence-corrected chi connectivity index (χ0v) is 11.0. The van der Waals surface area contributed by atoms with E-state index in [1.165, 1.54) is 7.11 Å². The first-order valence-corrected chi connectivity index (χ1v) is 5.43. The molecule has 0 saturated heterocycles. The fourth-order valence-corrected chi connectivity index (χ4v) is 2.44. The number of nitrogens with two attached hydrogens (primary N) is 1. The van der Waals surface area contributed by atoms with Gasteiger partial charge in [0.15, 0.2) is 11.5 Å². The monoisotopic (exact) mass is 273 g/mol. The molecular weight excluding hydrogens is 258 g/mol. The molecule has 0 fully saturated rings. The molecule has 1 aromatic rings. The van der Waals surface area contributed by atoms with Crippen LogP contribution in [0.15, 0.2) is 10.5 Å². The van der Waals surface area contributed by atoms with Gasteiger partial charge in [-0.3, -0.25) is 0 Å². The summed E-state index contributed by atoms with van der Waals surface area (Å²) in [4.78, 5) is 0. The van der Waals surface area contributed by atoms with Crippen LogP contribution in [0.5, 0.6) is 11.5 Å². The number of phenols is 1. The van der Waals surface area contributed by atoms with Gasteiger partial charge >= 0.3 is 0 Å². The van der Waals surface area contributed by atoms with Crippen LogP contribution in [-0.4, -0.2) is 12.2 Å². The summed E-state index contributed by atoms with van der Waals surface area (Å²) in [5, 5.41) is 10.1. The molecule has 0 unspecified atom stereocenters. The van der Waals surface area contributed by atoms with E-state index < -0.39 is 5.54 Å². The zero-order chi connectivity index (χ0) is 11.8. The minimum atomic E-state index is -0.595. The first-order valence-electron chi connectivity index (χ1n) is 4.64. The van der Waals surface area contributed by atoms with Crippen LogP contribution >= 0.6 is 15.9 Å². The van der Waals surface area contributed by atoms with Crippen molar-refractivity contribution < 1.29 is 9.84 Å². The van der Waals surface area contributed by atoms with Crippen molar-refractivity contribution in [2.75, 3.05) is 7.11 Å². The third-order valence-corrected chi connectivity index (χ3v) is 2.84. The van der Waals surface area contributed by atoms with Gasteiger partial charge in [0.2, 0.25) is 0 Å². The summed E-state index contributed by atoms with van der Waals surface area (Å²) in [5.74, 6) is 0.533. The molecule has 84 valence electrons. The Morgan fingerprint density at radius 1 is 1.47 bits per heavy atom. The minimum absolute atomic E-state index is 0.108. The van der Waals surface area contributed by atoms with Crippen LogP contribution < -0.4 is 10.5 Å². The van der Waals surface area contributed by atoms with Gasteiger partial charge in [0.05, 0.1) is 11.6 Å². The van der Waals surface area contributed by atoms with Crippen LogP contribution in [0.25, 0.3) is 0 Å². The molecule has 1 aromatic carbocycles. The lowest BCUT2D eigenvalue weighted by molar-refractivity contribution is 0.360. The molecule has 0 aliphatic heterocycles. The van der Waals surface area contributed by atoms with Gasteiger partial charge in [-0.1, -0.05) is 0 Å². The molecule has 0 aliphatic rings. The Kier molecular flexibility index (Phi) is 3.31. The maximum atomic E-state index is 10.1. The third kappa shape index (κ3) is 2.26. The molecule has 4 heteroatoms. The number of hydrogen-bond donors (Lipinski definition) is 2. The maximum absolute atomic E-state index is 10.1. The van der Waals surface area contributed by atoms with E-state index >= 15 is 0 Å². The van der Waals surface area contributed by atoms with Gasteiger partial charge < -0.3 is 15.6 Å². The van der Waals surface area contributed by atoms with E-state index in [1.54, 1.807) is 0 Å². The van der Waals surface area contributed by atoms with Crippen molar-refractivity contribution in [2.45, 2.75) is 26.3 Å². The second-order valence-corrected chi connectivity index (χ2v) is 5.01.